The SMILES string of the molecule is CCCCOc1ccc(C(=O)N2CCN(C(=O)Cc3noc(-c4cccc(C(F)(F)F)c4)n3)CC2C)cc1. The molecule has 38 heavy (non-hydrogen) atoms. The maximum Gasteiger partial charge on any atom is 0.416 e. The highest BCUT2D eigenvalue weighted by molar-refractivity contribution is 5.94. The minimum atomic E-state index is -4.50. The molecule has 0 saturated carbocycles. The first kappa shape index (κ1) is 27.2. The summed E-state index contributed by atoms with van der Waals surface area (Å²) < 4.78 is 49.7. The highest BCUT2D eigenvalue weighted by Gasteiger charge is 2.32. The van der Waals surface area contributed by atoms with Gasteiger partial charge in [-0.15, -0.1) is 0 Å². The van der Waals surface area contributed by atoms with E-state index in [-0.39, 0.29) is 41.6 Å². The second kappa shape index (κ2) is 11.7. The van der Waals surface area contributed by atoms with Crippen LogP contribution in [0.5, 0.6) is 5.75 Å². The number of rotatable bonds is 8. The first-order chi connectivity index (χ1) is 18.2. The van der Waals surface area contributed by atoms with Gasteiger partial charge in [0.15, 0.2) is 5.82 Å². The molecule has 1 fully saturated rings. The third kappa shape index (κ3) is 6.51. The van der Waals surface area contributed by atoms with Crippen LogP contribution in [0.2, 0.25) is 0 Å². The van der Waals surface area contributed by atoms with Gasteiger partial charge in [-0.1, -0.05) is 24.6 Å². The zero-order valence-electron chi connectivity index (χ0n) is 21.2. The van der Waals surface area contributed by atoms with Crippen LogP contribution in [0.25, 0.3) is 11.5 Å². The first-order valence-electron chi connectivity index (χ1n) is 12.5. The Bertz CT molecular complexity index is 1260. The van der Waals surface area contributed by atoms with E-state index >= 15 is 0 Å². The number of piperazine rings is 1. The van der Waals surface area contributed by atoms with E-state index in [9.17, 15) is 22.8 Å². The Balaban J connectivity index is 1.33. The molecule has 0 aliphatic carbocycles. The van der Waals surface area contributed by atoms with E-state index in [0.29, 0.717) is 31.8 Å². The van der Waals surface area contributed by atoms with Gasteiger partial charge >= 0.3 is 6.18 Å². The number of benzene rings is 2. The van der Waals surface area contributed by atoms with Crippen molar-refractivity contribution in [2.24, 2.45) is 0 Å². The Morgan fingerprint density at radius 3 is 2.58 bits per heavy atom. The Morgan fingerprint density at radius 1 is 1.13 bits per heavy atom. The molecule has 4 rings (SSSR count). The van der Waals surface area contributed by atoms with E-state index < -0.39 is 11.7 Å². The highest BCUT2D eigenvalue weighted by atomic mass is 19.4. The van der Waals surface area contributed by atoms with Gasteiger partial charge in [0.25, 0.3) is 11.8 Å². The normalized spacial score (nSPS) is 16.0. The van der Waals surface area contributed by atoms with Crippen LogP contribution in [-0.4, -0.2) is 64.0 Å². The number of carbonyl (C=O) groups excluding carboxylic acids is 2. The molecule has 0 bridgehead atoms. The molecule has 0 N–H and O–H groups in total. The van der Waals surface area contributed by atoms with Crippen molar-refractivity contribution in [2.45, 2.75) is 45.3 Å². The summed E-state index contributed by atoms with van der Waals surface area (Å²) in [5.41, 5.74) is -0.163. The molecule has 1 aromatic heterocycles. The lowest BCUT2D eigenvalue weighted by Crippen LogP contribution is -2.55. The predicted molar refractivity (Wildman–Crippen MR) is 132 cm³/mol. The third-order valence-corrected chi connectivity index (χ3v) is 6.32. The van der Waals surface area contributed by atoms with Crippen LogP contribution in [0, 0.1) is 0 Å². The van der Waals surface area contributed by atoms with Gasteiger partial charge in [-0.05, 0) is 55.8 Å². The minimum Gasteiger partial charge on any atom is -0.494 e. The number of halogens is 3. The average molecular weight is 531 g/mol. The summed E-state index contributed by atoms with van der Waals surface area (Å²) >= 11 is 0. The van der Waals surface area contributed by atoms with Crippen LogP contribution < -0.4 is 4.74 Å². The fraction of sp³-hybridized carbons (Fsp3) is 0.407. The smallest absolute Gasteiger partial charge is 0.416 e. The number of nitrogens with zero attached hydrogens (tertiary/aromatic N) is 4. The van der Waals surface area contributed by atoms with Gasteiger partial charge in [-0.25, -0.2) is 0 Å². The van der Waals surface area contributed by atoms with Crippen molar-refractivity contribution in [3.05, 3.63) is 65.5 Å². The first-order valence-corrected chi connectivity index (χ1v) is 12.5. The van der Waals surface area contributed by atoms with Crippen LogP contribution in [0.1, 0.15) is 48.4 Å². The molecule has 1 aliphatic rings. The molecule has 0 radical (unpaired) electrons. The molecule has 11 heteroatoms. The Hall–Kier alpha value is -3.89. The lowest BCUT2D eigenvalue weighted by molar-refractivity contribution is -0.137. The van der Waals surface area contributed by atoms with Crippen molar-refractivity contribution in [1.29, 1.82) is 0 Å². The summed E-state index contributed by atoms with van der Waals surface area (Å²) in [6.45, 7) is 5.63. The summed E-state index contributed by atoms with van der Waals surface area (Å²) in [4.78, 5) is 33.4. The highest BCUT2D eigenvalue weighted by Crippen LogP contribution is 2.31. The molecule has 1 atom stereocenters. The molecular formula is C27H29F3N4O4. The Kier molecular flexibility index (Phi) is 8.33. The van der Waals surface area contributed by atoms with Crippen LogP contribution >= 0.6 is 0 Å². The number of alkyl halides is 3. The molecule has 1 unspecified atom stereocenters. The van der Waals surface area contributed by atoms with Crippen LogP contribution in [0.4, 0.5) is 13.2 Å². The van der Waals surface area contributed by atoms with E-state index in [2.05, 4.69) is 17.1 Å². The summed E-state index contributed by atoms with van der Waals surface area (Å²) in [5, 5.41) is 3.76. The van der Waals surface area contributed by atoms with E-state index in [1.54, 1.807) is 34.1 Å². The molecule has 2 aromatic carbocycles. The summed E-state index contributed by atoms with van der Waals surface area (Å²) in [6, 6.07) is 11.4. The monoisotopic (exact) mass is 530 g/mol. The fourth-order valence-electron chi connectivity index (χ4n) is 4.20. The van der Waals surface area contributed by atoms with Crippen LogP contribution in [0.3, 0.4) is 0 Å². The van der Waals surface area contributed by atoms with Crippen molar-refractivity contribution in [1.82, 2.24) is 19.9 Å². The maximum atomic E-state index is 13.1. The van der Waals surface area contributed by atoms with Gasteiger partial charge in [0.2, 0.25) is 5.91 Å². The standard InChI is InChI=1S/C27H29F3N4O4/c1-3-4-14-37-22-10-8-19(9-11-22)26(36)34-13-12-33(17-18(34)2)24(35)16-23-31-25(38-32-23)20-6-5-7-21(15-20)27(28,29)30/h5-11,15,18H,3-4,12-14,16-17H2,1-2H3. The van der Waals surface area contributed by atoms with Crippen LogP contribution in [-0.2, 0) is 17.4 Å². The van der Waals surface area contributed by atoms with Gasteiger partial charge in [0.05, 0.1) is 18.6 Å². The lowest BCUT2D eigenvalue weighted by Gasteiger charge is -2.39. The Labute approximate surface area is 218 Å². The van der Waals surface area contributed by atoms with E-state index in [1.165, 1.54) is 12.1 Å². The van der Waals surface area contributed by atoms with Gasteiger partial charge in [0, 0.05) is 36.8 Å². The molecule has 202 valence electrons. The number of carbonyl (C=O) groups is 2. The van der Waals surface area contributed by atoms with Crippen molar-refractivity contribution < 1.29 is 32.0 Å². The molecule has 1 aliphatic heterocycles. The predicted octanol–water partition coefficient (Wildman–Crippen LogP) is 4.85. The van der Waals surface area contributed by atoms with Crippen molar-refractivity contribution >= 4 is 11.8 Å². The summed E-state index contributed by atoms with van der Waals surface area (Å²) in [5.74, 6) is 0.331. The van der Waals surface area contributed by atoms with E-state index in [1.807, 2.05) is 6.92 Å². The average Bonchev–Trinajstić information content (AvgIpc) is 3.37. The van der Waals surface area contributed by atoms with Gasteiger partial charge in [-0.3, -0.25) is 9.59 Å². The van der Waals surface area contributed by atoms with Gasteiger partial charge < -0.3 is 19.1 Å². The van der Waals surface area contributed by atoms with Crippen molar-refractivity contribution in [3.8, 4) is 17.2 Å². The quantitative estimate of drug-likeness (QED) is 0.387. The Morgan fingerprint density at radius 2 is 1.89 bits per heavy atom. The molecule has 2 amide bonds. The zero-order valence-corrected chi connectivity index (χ0v) is 21.2. The summed E-state index contributed by atoms with van der Waals surface area (Å²) in [7, 11) is 0. The molecule has 8 nitrogen and oxygen atoms in total. The number of unbranched alkanes of at least 4 members (excludes halogenated alkanes) is 1. The van der Waals surface area contributed by atoms with E-state index in [0.717, 1.165) is 30.7 Å². The number of amides is 2. The molecule has 3 aromatic rings. The second-order valence-electron chi connectivity index (χ2n) is 9.18. The number of hydrogen-bond acceptors (Lipinski definition) is 6. The molecule has 0 spiro atoms. The minimum absolute atomic E-state index is 0.0785. The number of ether oxygens (including phenoxy) is 1. The van der Waals surface area contributed by atoms with E-state index in [4.69, 9.17) is 9.26 Å². The molecule has 1 saturated heterocycles. The summed E-state index contributed by atoms with van der Waals surface area (Å²) in [6.07, 6.45) is -2.66. The van der Waals surface area contributed by atoms with Gasteiger partial charge in [0.1, 0.15) is 5.75 Å². The maximum absolute atomic E-state index is 13.1. The number of aromatic nitrogens is 2. The van der Waals surface area contributed by atoms with Gasteiger partial charge in [-0.2, -0.15) is 18.2 Å². The molecule has 2 heterocycles. The second-order valence-corrected chi connectivity index (χ2v) is 9.18. The van der Waals surface area contributed by atoms with Crippen LogP contribution in [0.15, 0.2) is 53.1 Å². The topological polar surface area (TPSA) is 88.8 Å². The third-order valence-electron chi connectivity index (χ3n) is 6.32. The lowest BCUT2D eigenvalue weighted by atomic mass is 10.1. The largest absolute Gasteiger partial charge is 0.494 e. The molecular weight excluding hydrogens is 501 g/mol. The fourth-order valence-corrected chi connectivity index (χ4v) is 4.20. The van der Waals surface area contributed by atoms with Crippen molar-refractivity contribution in [3.63, 3.8) is 0 Å². The zero-order chi connectivity index (χ0) is 27.3. The number of hydrogen-bond donors (Lipinski definition) is 0. The van der Waals surface area contributed by atoms with Crippen molar-refractivity contribution in [2.75, 3.05) is 26.2 Å².